The van der Waals surface area contributed by atoms with E-state index in [1.165, 1.54) is 26.2 Å². The molecule has 0 N–H and O–H groups in total. The normalized spacial score (nSPS) is 21.2. The lowest BCUT2D eigenvalue weighted by Gasteiger charge is -2.28. The molecular weight excluding hydrogens is 287 g/mol. The second kappa shape index (κ2) is 7.38. The Morgan fingerprint density at radius 1 is 1.23 bits per heavy atom. The highest BCUT2D eigenvalue weighted by Crippen LogP contribution is 2.30. The van der Waals surface area contributed by atoms with E-state index >= 15 is 0 Å². The van der Waals surface area contributed by atoms with E-state index in [4.69, 9.17) is 4.74 Å². The van der Waals surface area contributed by atoms with Gasteiger partial charge in [0.1, 0.15) is 11.6 Å². The van der Waals surface area contributed by atoms with Crippen LogP contribution in [0.3, 0.4) is 0 Å². The molecular formula is C17H21FO4. The molecule has 0 radical (unpaired) electrons. The molecule has 120 valence electrons. The maximum absolute atomic E-state index is 13.7. The zero-order valence-electron chi connectivity index (χ0n) is 12.9. The molecule has 1 aliphatic carbocycles. The number of ketones is 1. The van der Waals surface area contributed by atoms with E-state index in [0.717, 1.165) is 25.7 Å². The van der Waals surface area contributed by atoms with Gasteiger partial charge in [0.05, 0.1) is 18.8 Å². The molecule has 4 nitrogen and oxygen atoms in total. The molecule has 2 rings (SSSR count). The Morgan fingerprint density at radius 3 is 2.45 bits per heavy atom. The fourth-order valence-corrected chi connectivity index (χ4v) is 2.82. The van der Waals surface area contributed by atoms with Gasteiger partial charge in [-0.15, -0.1) is 0 Å². The zero-order chi connectivity index (χ0) is 16.1. The molecule has 0 spiro atoms. The smallest absolute Gasteiger partial charge is 0.305 e. The first-order valence-electron chi connectivity index (χ1n) is 7.53. The van der Waals surface area contributed by atoms with Crippen LogP contribution in [-0.2, 0) is 9.53 Å². The molecule has 0 saturated heterocycles. The van der Waals surface area contributed by atoms with Gasteiger partial charge < -0.3 is 9.47 Å². The van der Waals surface area contributed by atoms with Crippen LogP contribution in [0.5, 0.6) is 5.75 Å². The summed E-state index contributed by atoms with van der Waals surface area (Å²) in [7, 11) is 1.40. The average molecular weight is 308 g/mol. The van der Waals surface area contributed by atoms with Crippen LogP contribution in [0.2, 0.25) is 0 Å². The first kappa shape index (κ1) is 16.5. The molecule has 0 aromatic heterocycles. The van der Waals surface area contributed by atoms with Crippen molar-refractivity contribution in [1.29, 1.82) is 0 Å². The quantitative estimate of drug-likeness (QED) is 0.617. The van der Waals surface area contributed by atoms with Crippen LogP contribution in [0.25, 0.3) is 0 Å². The number of hydrogen-bond donors (Lipinski definition) is 0. The Morgan fingerprint density at radius 2 is 1.91 bits per heavy atom. The van der Waals surface area contributed by atoms with E-state index in [1.807, 2.05) is 0 Å². The fourth-order valence-electron chi connectivity index (χ4n) is 2.82. The molecule has 0 aliphatic heterocycles. The molecule has 0 amide bonds. The minimum atomic E-state index is -0.552. The van der Waals surface area contributed by atoms with Crippen LogP contribution in [0.4, 0.5) is 4.39 Å². The number of Topliss-reactive ketones (excluding diaryl/α,β-unsaturated/α-hetero) is 1. The lowest BCUT2D eigenvalue weighted by atomic mass is 9.85. The van der Waals surface area contributed by atoms with Crippen molar-refractivity contribution < 1.29 is 23.5 Å². The minimum absolute atomic E-state index is 0.0245. The lowest BCUT2D eigenvalue weighted by molar-refractivity contribution is -0.142. The first-order chi connectivity index (χ1) is 10.5. The number of carbonyl (C=O) groups excluding carboxylic acids is 2. The van der Waals surface area contributed by atoms with Crippen LogP contribution in [0.1, 0.15) is 49.4 Å². The zero-order valence-corrected chi connectivity index (χ0v) is 12.9. The number of rotatable bonds is 5. The molecule has 5 heteroatoms. The average Bonchev–Trinajstić information content (AvgIpc) is 2.49. The summed E-state index contributed by atoms with van der Waals surface area (Å²) in [4.78, 5) is 22.5. The Labute approximate surface area is 129 Å². The van der Waals surface area contributed by atoms with Gasteiger partial charge in [0.25, 0.3) is 0 Å². The third-order valence-corrected chi connectivity index (χ3v) is 4.10. The Kier molecular flexibility index (Phi) is 5.52. The Hall–Kier alpha value is -1.91. The van der Waals surface area contributed by atoms with Gasteiger partial charge >= 0.3 is 5.97 Å². The van der Waals surface area contributed by atoms with Crippen molar-refractivity contribution in [3.8, 4) is 5.75 Å². The standard InChI is InChI=1S/C17H21FO4/c1-11(19)15-8-7-14(10-16(15)18)22-13-5-3-12(4-6-13)9-17(20)21-2/h7-8,10,12-13H,3-6,9H2,1-2H3. The highest BCUT2D eigenvalue weighted by atomic mass is 19.1. The van der Waals surface area contributed by atoms with Gasteiger partial charge in [0.2, 0.25) is 0 Å². The lowest BCUT2D eigenvalue weighted by Crippen LogP contribution is -2.25. The molecule has 1 aliphatic rings. The SMILES string of the molecule is COC(=O)CC1CCC(Oc2ccc(C(C)=O)c(F)c2)CC1. The number of carbonyl (C=O) groups is 2. The third kappa shape index (κ3) is 4.29. The van der Waals surface area contributed by atoms with Crippen LogP contribution >= 0.6 is 0 Å². The van der Waals surface area contributed by atoms with Crippen LogP contribution in [0, 0.1) is 11.7 Å². The number of methoxy groups -OCH3 is 1. The molecule has 1 aromatic rings. The minimum Gasteiger partial charge on any atom is -0.490 e. The Bertz CT molecular complexity index is 548. The van der Waals surface area contributed by atoms with Gasteiger partial charge in [0.15, 0.2) is 5.78 Å². The van der Waals surface area contributed by atoms with Crippen molar-refractivity contribution in [1.82, 2.24) is 0 Å². The third-order valence-electron chi connectivity index (χ3n) is 4.10. The van der Waals surface area contributed by atoms with Gasteiger partial charge in [-0.2, -0.15) is 0 Å². The fraction of sp³-hybridized carbons (Fsp3) is 0.529. The van der Waals surface area contributed by atoms with Gasteiger partial charge in [-0.25, -0.2) is 4.39 Å². The monoisotopic (exact) mass is 308 g/mol. The molecule has 1 saturated carbocycles. The van der Waals surface area contributed by atoms with Crippen LogP contribution in [-0.4, -0.2) is 25.0 Å². The van der Waals surface area contributed by atoms with Crippen LogP contribution < -0.4 is 4.74 Å². The van der Waals surface area contributed by atoms with Crippen LogP contribution in [0.15, 0.2) is 18.2 Å². The number of ether oxygens (including phenoxy) is 2. The van der Waals surface area contributed by atoms with E-state index in [2.05, 4.69) is 4.74 Å². The molecule has 0 atom stereocenters. The van der Waals surface area contributed by atoms with E-state index in [1.54, 1.807) is 6.07 Å². The second-order valence-corrected chi connectivity index (χ2v) is 5.74. The molecule has 22 heavy (non-hydrogen) atoms. The first-order valence-corrected chi connectivity index (χ1v) is 7.53. The predicted molar refractivity (Wildman–Crippen MR) is 79.4 cm³/mol. The largest absolute Gasteiger partial charge is 0.490 e. The predicted octanol–water partition coefficient (Wildman–Crippen LogP) is 3.53. The van der Waals surface area contributed by atoms with Gasteiger partial charge in [-0.3, -0.25) is 9.59 Å². The summed E-state index contributed by atoms with van der Waals surface area (Å²) in [6.07, 6.45) is 3.93. The second-order valence-electron chi connectivity index (χ2n) is 5.74. The van der Waals surface area contributed by atoms with Crippen molar-refractivity contribution >= 4 is 11.8 Å². The van der Waals surface area contributed by atoms with Crippen molar-refractivity contribution in [3.05, 3.63) is 29.6 Å². The summed E-state index contributed by atoms with van der Waals surface area (Å²) in [6, 6.07) is 4.34. The van der Waals surface area contributed by atoms with E-state index in [0.29, 0.717) is 18.1 Å². The molecule has 0 unspecified atom stereocenters. The van der Waals surface area contributed by atoms with E-state index in [-0.39, 0.29) is 23.4 Å². The Balaban J connectivity index is 1.87. The number of benzene rings is 1. The summed E-state index contributed by atoms with van der Waals surface area (Å²) in [5.74, 6) is -0.244. The summed E-state index contributed by atoms with van der Waals surface area (Å²) in [5, 5.41) is 0. The highest BCUT2D eigenvalue weighted by Gasteiger charge is 2.24. The van der Waals surface area contributed by atoms with E-state index < -0.39 is 5.82 Å². The van der Waals surface area contributed by atoms with Crippen molar-refractivity contribution in [3.63, 3.8) is 0 Å². The van der Waals surface area contributed by atoms with Gasteiger partial charge in [-0.05, 0) is 50.7 Å². The van der Waals surface area contributed by atoms with E-state index in [9.17, 15) is 14.0 Å². The molecule has 0 bridgehead atoms. The topological polar surface area (TPSA) is 52.6 Å². The number of hydrogen-bond acceptors (Lipinski definition) is 4. The van der Waals surface area contributed by atoms with Crippen molar-refractivity contribution in [2.75, 3.05) is 7.11 Å². The van der Waals surface area contributed by atoms with Gasteiger partial charge in [0, 0.05) is 12.5 Å². The molecule has 1 fully saturated rings. The maximum Gasteiger partial charge on any atom is 0.305 e. The van der Waals surface area contributed by atoms with Crippen molar-refractivity contribution in [2.24, 2.45) is 5.92 Å². The molecule has 0 heterocycles. The number of esters is 1. The summed E-state index contributed by atoms with van der Waals surface area (Å²) in [6.45, 7) is 1.33. The van der Waals surface area contributed by atoms with Gasteiger partial charge in [-0.1, -0.05) is 0 Å². The summed E-state index contributed by atoms with van der Waals surface area (Å²) < 4.78 is 24.2. The summed E-state index contributed by atoms with van der Waals surface area (Å²) >= 11 is 0. The molecule has 1 aromatic carbocycles. The number of halogens is 1. The maximum atomic E-state index is 13.7. The highest BCUT2D eigenvalue weighted by molar-refractivity contribution is 5.94. The van der Waals surface area contributed by atoms with Crippen molar-refractivity contribution in [2.45, 2.75) is 45.1 Å². The summed E-state index contributed by atoms with van der Waals surface area (Å²) in [5.41, 5.74) is 0.0779.